The van der Waals surface area contributed by atoms with E-state index in [9.17, 15) is 4.21 Å². The lowest BCUT2D eigenvalue weighted by molar-refractivity contribution is 0.377. The van der Waals surface area contributed by atoms with Gasteiger partial charge in [-0.15, -0.1) is 0 Å². The largest absolute Gasteiger partial charge is 0.260 e. The Hall–Kier alpha value is -1.15. The van der Waals surface area contributed by atoms with Gasteiger partial charge in [0.2, 0.25) is 0 Å². The molecule has 0 aromatic carbocycles. The predicted octanol–water partition coefficient (Wildman–Crippen LogP) is 5.90. The van der Waals surface area contributed by atoms with Crippen molar-refractivity contribution in [3.05, 3.63) is 58.7 Å². The van der Waals surface area contributed by atoms with Crippen molar-refractivity contribution in [2.75, 3.05) is 12.0 Å². The lowest BCUT2D eigenvalue weighted by atomic mass is 9.72. The highest BCUT2D eigenvalue weighted by atomic mass is 32.2. The van der Waals surface area contributed by atoms with Crippen molar-refractivity contribution in [1.29, 1.82) is 0 Å². The topological polar surface area (TPSA) is 17.1 Å². The van der Waals surface area contributed by atoms with Gasteiger partial charge in [0.15, 0.2) is 0 Å². The average molecular weight is 333 g/mol. The third kappa shape index (κ3) is 7.30. The molecule has 0 aromatic heterocycles. The number of hydrogen-bond donors (Lipinski definition) is 0. The van der Waals surface area contributed by atoms with Crippen molar-refractivity contribution in [1.82, 2.24) is 0 Å². The molecule has 0 amide bonds. The summed E-state index contributed by atoms with van der Waals surface area (Å²) in [7, 11) is -0.759. The molecule has 0 aliphatic heterocycles. The molecule has 0 heterocycles. The normalized spacial score (nSPS) is 21.5. The van der Waals surface area contributed by atoms with Crippen LogP contribution >= 0.6 is 0 Å². The van der Waals surface area contributed by atoms with Crippen molar-refractivity contribution in [2.45, 2.75) is 53.9 Å². The van der Waals surface area contributed by atoms with E-state index in [-0.39, 0.29) is 0 Å². The lowest BCUT2D eigenvalue weighted by Crippen LogP contribution is -2.19. The summed E-state index contributed by atoms with van der Waals surface area (Å²) in [6.07, 6.45) is 18.3. The molecular weight excluding hydrogens is 300 g/mol. The van der Waals surface area contributed by atoms with Gasteiger partial charge in [0.1, 0.15) is 0 Å². The van der Waals surface area contributed by atoms with Crippen LogP contribution in [0.1, 0.15) is 53.9 Å². The molecule has 0 saturated heterocycles. The summed E-state index contributed by atoms with van der Waals surface area (Å²) in [6, 6.07) is 0. The zero-order chi connectivity index (χ0) is 17.5. The third-order valence-electron chi connectivity index (χ3n) is 4.41. The summed E-state index contributed by atoms with van der Waals surface area (Å²) in [5.74, 6) is 0.626. The van der Waals surface area contributed by atoms with Crippen LogP contribution in [0.2, 0.25) is 0 Å². The first-order chi connectivity index (χ1) is 10.7. The Morgan fingerprint density at radius 1 is 1.22 bits per heavy atom. The maximum atomic E-state index is 11.1. The number of allylic oxidation sites excluding steroid dienone is 9. The van der Waals surface area contributed by atoms with Crippen LogP contribution in [0.4, 0.5) is 0 Å². The molecule has 0 bridgehead atoms. The zero-order valence-electron chi connectivity index (χ0n) is 15.6. The third-order valence-corrected chi connectivity index (χ3v) is 5.05. The van der Waals surface area contributed by atoms with Gasteiger partial charge in [-0.2, -0.15) is 0 Å². The monoisotopic (exact) mass is 332 g/mol. The quantitative estimate of drug-likeness (QED) is 0.554. The van der Waals surface area contributed by atoms with Gasteiger partial charge in [-0.1, -0.05) is 67.0 Å². The van der Waals surface area contributed by atoms with E-state index in [0.29, 0.717) is 11.2 Å². The highest BCUT2D eigenvalue weighted by molar-refractivity contribution is 7.84. The van der Waals surface area contributed by atoms with E-state index >= 15 is 0 Å². The summed E-state index contributed by atoms with van der Waals surface area (Å²) in [5, 5.41) is 0. The minimum absolute atomic E-state index is 0.296. The molecule has 2 heteroatoms. The van der Waals surface area contributed by atoms with Gasteiger partial charge in [-0.25, -0.2) is 0 Å². The average Bonchev–Trinajstić information content (AvgIpc) is 2.44. The van der Waals surface area contributed by atoms with Crippen LogP contribution in [0.3, 0.4) is 0 Å². The molecule has 1 aliphatic carbocycles. The smallest absolute Gasteiger partial charge is 0.0418 e. The van der Waals surface area contributed by atoms with E-state index in [0.717, 1.165) is 5.57 Å². The second-order valence-electron chi connectivity index (χ2n) is 7.22. The van der Waals surface area contributed by atoms with Crippen LogP contribution in [-0.2, 0) is 10.8 Å². The molecule has 0 radical (unpaired) electrons. The van der Waals surface area contributed by atoms with Crippen molar-refractivity contribution in [2.24, 2.45) is 5.41 Å². The first-order valence-electron chi connectivity index (χ1n) is 8.42. The van der Waals surface area contributed by atoms with E-state index in [1.807, 2.05) is 13.0 Å². The Balaban J connectivity index is 2.73. The second kappa shape index (κ2) is 9.22. The Labute approximate surface area is 145 Å². The summed E-state index contributed by atoms with van der Waals surface area (Å²) < 4.78 is 11.1. The van der Waals surface area contributed by atoms with E-state index in [1.54, 1.807) is 6.26 Å². The molecule has 0 saturated carbocycles. The Bertz CT molecular complexity index is 583. The minimum atomic E-state index is -0.759. The van der Waals surface area contributed by atoms with Crippen LogP contribution in [0.25, 0.3) is 0 Å². The van der Waals surface area contributed by atoms with E-state index in [1.165, 1.54) is 36.0 Å². The fourth-order valence-corrected chi connectivity index (χ4v) is 3.45. The first-order valence-corrected chi connectivity index (χ1v) is 10.1. The summed E-state index contributed by atoms with van der Waals surface area (Å²) >= 11 is 0. The Morgan fingerprint density at radius 2 is 1.91 bits per heavy atom. The summed E-state index contributed by atoms with van der Waals surface area (Å²) in [4.78, 5) is 0. The first kappa shape index (κ1) is 19.9. The Morgan fingerprint density at radius 3 is 2.52 bits per heavy atom. The molecule has 1 aliphatic rings. The van der Waals surface area contributed by atoms with Crippen molar-refractivity contribution in [3.63, 3.8) is 0 Å². The molecule has 0 spiro atoms. The lowest BCUT2D eigenvalue weighted by Gasteiger charge is -2.32. The fraction of sp³-hybridized carbons (Fsp3) is 0.524. The molecule has 0 N–H and O–H groups in total. The fourth-order valence-electron chi connectivity index (χ4n) is 2.95. The predicted molar refractivity (Wildman–Crippen MR) is 105 cm³/mol. The summed E-state index contributed by atoms with van der Waals surface area (Å²) in [6.45, 7) is 11.1. The van der Waals surface area contributed by atoms with Crippen LogP contribution in [0.5, 0.6) is 0 Å². The SMILES string of the molecule is CC1=C(/C=C/C(C)=C/C=C/C(C)=C/CS(C)=O)C(C)(C)CCC1. The minimum Gasteiger partial charge on any atom is -0.260 e. The van der Waals surface area contributed by atoms with Gasteiger partial charge in [-0.3, -0.25) is 4.21 Å². The molecule has 0 fully saturated rings. The van der Waals surface area contributed by atoms with E-state index in [2.05, 4.69) is 58.1 Å². The molecule has 128 valence electrons. The van der Waals surface area contributed by atoms with Crippen LogP contribution < -0.4 is 0 Å². The van der Waals surface area contributed by atoms with Crippen LogP contribution in [-0.4, -0.2) is 16.2 Å². The van der Waals surface area contributed by atoms with Crippen LogP contribution in [0, 0.1) is 5.41 Å². The molecule has 23 heavy (non-hydrogen) atoms. The van der Waals surface area contributed by atoms with Gasteiger partial charge < -0.3 is 0 Å². The van der Waals surface area contributed by atoms with Gasteiger partial charge in [0, 0.05) is 22.8 Å². The van der Waals surface area contributed by atoms with Gasteiger partial charge >= 0.3 is 0 Å². The molecule has 1 nitrogen and oxygen atoms in total. The van der Waals surface area contributed by atoms with E-state index < -0.39 is 10.8 Å². The molecule has 0 aromatic rings. The molecular formula is C21H32OS. The van der Waals surface area contributed by atoms with Gasteiger partial charge in [0.25, 0.3) is 0 Å². The zero-order valence-corrected chi connectivity index (χ0v) is 16.4. The molecule has 1 unspecified atom stereocenters. The molecule has 1 atom stereocenters. The van der Waals surface area contributed by atoms with Crippen LogP contribution in [0.15, 0.2) is 58.7 Å². The Kier molecular flexibility index (Phi) is 7.98. The summed E-state index contributed by atoms with van der Waals surface area (Å²) in [5.41, 5.74) is 5.73. The van der Waals surface area contributed by atoms with Gasteiger partial charge in [-0.05, 0) is 51.0 Å². The maximum Gasteiger partial charge on any atom is 0.0418 e. The van der Waals surface area contributed by atoms with Crippen molar-refractivity contribution < 1.29 is 4.21 Å². The standard InChI is InChI=1S/C21H32OS/c1-17(9-7-10-18(2)14-16-23(6)22)12-13-20-19(3)11-8-15-21(20,4)5/h7,9-10,12-14H,8,11,15-16H2,1-6H3/b10-7+,13-12+,17-9+,18-14+. The van der Waals surface area contributed by atoms with E-state index in [4.69, 9.17) is 0 Å². The molecule has 1 rings (SSSR count). The van der Waals surface area contributed by atoms with Gasteiger partial charge in [0.05, 0.1) is 0 Å². The number of rotatable bonds is 6. The highest BCUT2D eigenvalue weighted by Gasteiger charge is 2.26. The highest BCUT2D eigenvalue weighted by Crippen LogP contribution is 2.40. The second-order valence-corrected chi connectivity index (χ2v) is 8.70. The van der Waals surface area contributed by atoms with Crippen molar-refractivity contribution >= 4 is 10.8 Å². The number of hydrogen-bond acceptors (Lipinski definition) is 1. The maximum absolute atomic E-state index is 11.1. The van der Waals surface area contributed by atoms with Crippen molar-refractivity contribution in [3.8, 4) is 0 Å².